The Morgan fingerprint density at radius 1 is 1.10 bits per heavy atom. The van der Waals surface area contributed by atoms with E-state index in [1.54, 1.807) is 33.3 Å². The van der Waals surface area contributed by atoms with Gasteiger partial charge in [-0.05, 0) is 31.2 Å². The van der Waals surface area contributed by atoms with Crippen LogP contribution in [0.15, 0.2) is 53.6 Å². The molecule has 4 rings (SSSR count). The highest BCUT2D eigenvalue weighted by Gasteiger charge is 2.47. The van der Waals surface area contributed by atoms with Crippen molar-refractivity contribution in [2.45, 2.75) is 26.5 Å². The maximum atomic E-state index is 12.5. The van der Waals surface area contributed by atoms with Crippen LogP contribution in [0.2, 0.25) is 0 Å². The number of para-hydroxylation sites is 1. The number of hydrazone groups is 1. The molecule has 3 aromatic rings. The molecule has 1 atom stereocenters. The van der Waals surface area contributed by atoms with Crippen LogP contribution >= 0.6 is 0 Å². The van der Waals surface area contributed by atoms with Crippen molar-refractivity contribution in [2.75, 3.05) is 14.2 Å². The number of fused-ring (bicyclic) bond motifs is 1. The van der Waals surface area contributed by atoms with Crippen LogP contribution in [0.3, 0.4) is 0 Å². The van der Waals surface area contributed by atoms with Crippen LogP contribution in [0.1, 0.15) is 30.7 Å². The van der Waals surface area contributed by atoms with Crippen LogP contribution in [0, 0.1) is 6.92 Å². The molecule has 0 saturated carbocycles. The molecule has 0 aliphatic carbocycles. The van der Waals surface area contributed by atoms with Gasteiger partial charge in [-0.25, -0.2) is 0 Å². The van der Waals surface area contributed by atoms with Gasteiger partial charge < -0.3 is 14.2 Å². The third-order valence-corrected chi connectivity index (χ3v) is 5.17. The summed E-state index contributed by atoms with van der Waals surface area (Å²) in [5.74, 6) is 1.28. The molecule has 154 valence electrons. The summed E-state index contributed by atoms with van der Waals surface area (Å²) in [5.41, 5.74) is 1.93. The van der Waals surface area contributed by atoms with Crippen LogP contribution < -0.4 is 9.47 Å². The van der Waals surface area contributed by atoms with Crippen LogP contribution in [0.4, 0.5) is 0 Å². The van der Waals surface area contributed by atoms with Gasteiger partial charge in [0.1, 0.15) is 11.5 Å². The summed E-state index contributed by atoms with van der Waals surface area (Å²) in [5, 5.41) is 6.80. The zero-order valence-corrected chi connectivity index (χ0v) is 17.6. The number of methoxy groups -OCH3 is 2. The molecule has 30 heavy (non-hydrogen) atoms. The second kappa shape index (κ2) is 7.33. The van der Waals surface area contributed by atoms with E-state index >= 15 is 0 Å². The van der Waals surface area contributed by atoms with E-state index in [4.69, 9.17) is 14.2 Å². The molecule has 2 heterocycles. The number of aromatic nitrogens is 1. The first-order chi connectivity index (χ1) is 14.4. The first-order valence-corrected chi connectivity index (χ1v) is 9.55. The van der Waals surface area contributed by atoms with E-state index in [0.29, 0.717) is 23.0 Å². The molecule has 0 fully saturated rings. The quantitative estimate of drug-likeness (QED) is 0.657. The number of amides is 1. The van der Waals surface area contributed by atoms with E-state index in [9.17, 15) is 4.79 Å². The lowest BCUT2D eigenvalue weighted by Gasteiger charge is -2.32. The third kappa shape index (κ3) is 3.12. The number of carbonyl (C=O) groups is 1. The highest BCUT2D eigenvalue weighted by Crippen LogP contribution is 2.42. The summed E-state index contributed by atoms with van der Waals surface area (Å²) in [7, 11) is 3.15. The van der Waals surface area contributed by atoms with Crippen LogP contribution in [0.5, 0.6) is 11.5 Å². The number of carbonyl (C=O) groups excluding carboxylic acids is 1. The van der Waals surface area contributed by atoms with E-state index in [2.05, 4.69) is 10.1 Å². The summed E-state index contributed by atoms with van der Waals surface area (Å²) in [4.78, 5) is 17.1. The smallest absolute Gasteiger partial charge is 0.243 e. The van der Waals surface area contributed by atoms with Crippen molar-refractivity contribution in [2.24, 2.45) is 5.10 Å². The van der Waals surface area contributed by atoms with Gasteiger partial charge >= 0.3 is 0 Å². The Morgan fingerprint density at radius 2 is 1.87 bits per heavy atom. The lowest BCUT2D eigenvalue weighted by Crippen LogP contribution is -2.41. The summed E-state index contributed by atoms with van der Waals surface area (Å²) in [6, 6.07) is 15.1. The molecule has 1 aliphatic rings. The molecule has 1 amide bonds. The summed E-state index contributed by atoms with van der Waals surface area (Å²) >= 11 is 0. The number of hydrogen-bond acceptors (Lipinski definition) is 6. The maximum Gasteiger partial charge on any atom is 0.243 e. The van der Waals surface area contributed by atoms with Crippen LogP contribution in [-0.2, 0) is 15.3 Å². The van der Waals surface area contributed by atoms with Gasteiger partial charge in [0.25, 0.3) is 0 Å². The topological polar surface area (TPSA) is 73.3 Å². The second-order valence-electron chi connectivity index (χ2n) is 7.22. The number of ether oxygens (including phenoxy) is 3. The fourth-order valence-electron chi connectivity index (χ4n) is 3.75. The van der Waals surface area contributed by atoms with Crippen molar-refractivity contribution in [3.63, 3.8) is 0 Å². The molecule has 0 saturated heterocycles. The van der Waals surface area contributed by atoms with E-state index in [-0.39, 0.29) is 5.91 Å². The summed E-state index contributed by atoms with van der Waals surface area (Å²) in [6.45, 7) is 5.17. The SMILES string of the molecule is COc1ccc([C@@]2(C)OC(c3cc(C)nc4ccccc34)=NN2C(C)=O)c(OC)c1. The Morgan fingerprint density at radius 3 is 2.57 bits per heavy atom. The first kappa shape index (κ1) is 19.7. The molecule has 1 aromatic heterocycles. The minimum Gasteiger partial charge on any atom is -0.497 e. The minimum atomic E-state index is -1.18. The molecule has 0 spiro atoms. The molecule has 2 aromatic carbocycles. The normalized spacial score (nSPS) is 18.2. The highest BCUT2D eigenvalue weighted by molar-refractivity contribution is 6.07. The number of nitrogens with zero attached hydrogens (tertiary/aromatic N) is 3. The Kier molecular flexibility index (Phi) is 4.81. The van der Waals surface area contributed by atoms with Crippen molar-refractivity contribution < 1.29 is 19.0 Å². The van der Waals surface area contributed by atoms with E-state index in [1.165, 1.54) is 11.9 Å². The molecule has 0 N–H and O–H groups in total. The molecule has 0 unspecified atom stereocenters. The lowest BCUT2D eigenvalue weighted by atomic mass is 10.0. The second-order valence-corrected chi connectivity index (χ2v) is 7.22. The van der Waals surface area contributed by atoms with Gasteiger partial charge in [0, 0.05) is 36.6 Å². The predicted octanol–water partition coefficient (Wildman–Crippen LogP) is 3.97. The van der Waals surface area contributed by atoms with Gasteiger partial charge in [0.2, 0.25) is 17.5 Å². The van der Waals surface area contributed by atoms with Crippen molar-refractivity contribution >= 4 is 22.7 Å². The van der Waals surface area contributed by atoms with Crippen LogP contribution in [0.25, 0.3) is 10.9 Å². The fraction of sp³-hybridized carbons (Fsp3) is 0.261. The fourth-order valence-corrected chi connectivity index (χ4v) is 3.75. The Labute approximate surface area is 174 Å². The molecular weight excluding hydrogens is 382 g/mol. The highest BCUT2D eigenvalue weighted by atomic mass is 16.6. The standard InChI is InChI=1S/C23H23N3O4/c1-14-12-18(17-8-6-7-9-20(17)24-14)22-25-26(15(2)27)23(3,30-22)19-11-10-16(28-4)13-21(19)29-5/h6-13H,1-5H3/t23-/m1/s1. The molecule has 7 heteroatoms. The van der Waals surface area contributed by atoms with Gasteiger partial charge in [-0.2, -0.15) is 5.01 Å². The number of pyridine rings is 1. The number of aryl methyl sites for hydroxylation is 1. The van der Waals surface area contributed by atoms with Gasteiger partial charge in [-0.1, -0.05) is 18.2 Å². The average Bonchev–Trinajstić information content (AvgIpc) is 3.11. The summed E-state index contributed by atoms with van der Waals surface area (Å²) < 4.78 is 17.2. The molecule has 1 aliphatic heterocycles. The predicted molar refractivity (Wildman–Crippen MR) is 114 cm³/mol. The van der Waals surface area contributed by atoms with Gasteiger partial charge in [0.05, 0.1) is 25.3 Å². The van der Waals surface area contributed by atoms with E-state index in [1.807, 2.05) is 43.3 Å². The van der Waals surface area contributed by atoms with Crippen molar-refractivity contribution in [1.82, 2.24) is 9.99 Å². The van der Waals surface area contributed by atoms with Crippen molar-refractivity contribution in [1.29, 1.82) is 0 Å². The zero-order valence-electron chi connectivity index (χ0n) is 17.6. The monoisotopic (exact) mass is 405 g/mol. The number of hydrogen-bond donors (Lipinski definition) is 0. The first-order valence-electron chi connectivity index (χ1n) is 9.55. The van der Waals surface area contributed by atoms with E-state index < -0.39 is 5.72 Å². The van der Waals surface area contributed by atoms with Crippen LogP contribution in [-0.4, -0.2) is 36.0 Å². The Hall–Kier alpha value is -3.61. The van der Waals surface area contributed by atoms with Gasteiger partial charge in [-0.15, -0.1) is 5.10 Å². The van der Waals surface area contributed by atoms with Gasteiger partial charge in [0.15, 0.2) is 0 Å². The number of rotatable bonds is 4. The molecule has 7 nitrogen and oxygen atoms in total. The Balaban J connectivity index is 1.86. The number of benzene rings is 2. The molecule has 0 radical (unpaired) electrons. The lowest BCUT2D eigenvalue weighted by molar-refractivity contribution is -0.146. The minimum absolute atomic E-state index is 0.250. The average molecular weight is 405 g/mol. The van der Waals surface area contributed by atoms with Crippen molar-refractivity contribution in [3.05, 3.63) is 65.4 Å². The largest absolute Gasteiger partial charge is 0.497 e. The summed E-state index contributed by atoms with van der Waals surface area (Å²) in [6.07, 6.45) is 0. The molecule has 0 bridgehead atoms. The van der Waals surface area contributed by atoms with Gasteiger partial charge in [-0.3, -0.25) is 9.78 Å². The Bertz CT molecular complexity index is 1170. The third-order valence-electron chi connectivity index (χ3n) is 5.17. The van der Waals surface area contributed by atoms with Crippen molar-refractivity contribution in [3.8, 4) is 11.5 Å². The van der Waals surface area contributed by atoms with E-state index in [0.717, 1.165) is 22.2 Å². The molecular formula is C23H23N3O4. The maximum absolute atomic E-state index is 12.5. The zero-order chi connectivity index (χ0) is 21.5.